The van der Waals surface area contributed by atoms with Crippen molar-refractivity contribution in [3.05, 3.63) is 17.7 Å². The molecule has 25 heavy (non-hydrogen) atoms. The summed E-state index contributed by atoms with van der Waals surface area (Å²) in [6.07, 6.45) is 1.62. The Morgan fingerprint density at radius 3 is 2.72 bits per heavy atom. The Morgan fingerprint density at radius 1 is 1.36 bits per heavy atom. The predicted octanol–water partition coefficient (Wildman–Crippen LogP) is -0.0471. The largest absolute Gasteiger partial charge is 0.369 e. The van der Waals surface area contributed by atoms with Crippen LogP contribution in [-0.2, 0) is 25.9 Å². The normalized spacial score (nSPS) is 26.2. The third-order valence-corrected chi connectivity index (χ3v) is 6.64. The summed E-state index contributed by atoms with van der Waals surface area (Å²) in [6, 6.07) is -0.487. The van der Waals surface area contributed by atoms with Crippen LogP contribution in [0, 0.1) is 6.92 Å². The summed E-state index contributed by atoms with van der Waals surface area (Å²) >= 11 is 0. The number of nitrogens with one attached hydrogen (secondary N) is 1. The summed E-state index contributed by atoms with van der Waals surface area (Å²) in [7, 11) is -3.15. The highest BCUT2D eigenvalue weighted by Gasteiger charge is 2.48. The van der Waals surface area contributed by atoms with Crippen LogP contribution in [0.15, 0.2) is 6.33 Å². The summed E-state index contributed by atoms with van der Waals surface area (Å²) < 4.78 is 29.9. The highest BCUT2D eigenvalue weighted by molar-refractivity contribution is 7.91. The molecule has 2 aliphatic heterocycles. The first kappa shape index (κ1) is 18.3. The lowest BCUT2D eigenvalue weighted by atomic mass is 10.0. The second-order valence-electron chi connectivity index (χ2n) is 7.10. The highest BCUT2D eigenvalue weighted by atomic mass is 32.2. The van der Waals surface area contributed by atoms with Gasteiger partial charge in [0.1, 0.15) is 6.61 Å². The van der Waals surface area contributed by atoms with Gasteiger partial charge in [0.25, 0.3) is 0 Å². The smallest absolute Gasteiger partial charge is 0.248 e. The van der Waals surface area contributed by atoms with Crippen molar-refractivity contribution < 1.29 is 17.9 Å². The average molecular weight is 370 g/mol. The standard InChI is InChI=1S/C16H26N4O4S/c1-11(2)24-7-16(21)20-5-4-19(6-13-12(3)17-10-18-13)14-8-25(22,23)9-15(14)20/h10-11,14-15H,4-9H2,1-3H3,(H,17,18)/t14-,15+/m1/s1. The number of fused-ring (bicyclic) bond motifs is 1. The summed E-state index contributed by atoms with van der Waals surface area (Å²) in [5.74, 6) is -0.00622. The molecule has 1 aromatic rings. The Labute approximate surface area is 148 Å². The maximum Gasteiger partial charge on any atom is 0.248 e. The van der Waals surface area contributed by atoms with E-state index in [0.29, 0.717) is 19.6 Å². The van der Waals surface area contributed by atoms with Crippen LogP contribution in [0.2, 0.25) is 0 Å². The zero-order chi connectivity index (χ0) is 18.2. The van der Waals surface area contributed by atoms with Crippen LogP contribution in [0.1, 0.15) is 25.2 Å². The molecule has 1 N–H and O–H groups in total. The number of H-pyrrole nitrogens is 1. The Balaban J connectivity index is 1.75. The van der Waals surface area contributed by atoms with Crippen molar-refractivity contribution in [2.24, 2.45) is 0 Å². The molecule has 8 nitrogen and oxygen atoms in total. The van der Waals surface area contributed by atoms with E-state index in [2.05, 4.69) is 14.9 Å². The monoisotopic (exact) mass is 370 g/mol. The lowest BCUT2D eigenvalue weighted by Gasteiger charge is -2.43. The third-order valence-electron chi connectivity index (χ3n) is 4.94. The number of imidazole rings is 1. The van der Waals surface area contributed by atoms with Crippen molar-refractivity contribution in [1.82, 2.24) is 19.8 Å². The SMILES string of the molecule is Cc1[nH]cnc1CN1CCN(C(=O)COC(C)C)[C@H]2CS(=O)(=O)C[C@H]21. The zero-order valence-corrected chi connectivity index (χ0v) is 15.8. The molecule has 9 heteroatoms. The topological polar surface area (TPSA) is 95.6 Å². The Hall–Kier alpha value is -1.45. The van der Waals surface area contributed by atoms with Crippen molar-refractivity contribution in [2.75, 3.05) is 31.2 Å². The molecule has 1 amide bonds. The van der Waals surface area contributed by atoms with E-state index in [0.717, 1.165) is 11.4 Å². The van der Waals surface area contributed by atoms with Gasteiger partial charge in [-0.15, -0.1) is 0 Å². The number of sulfone groups is 1. The van der Waals surface area contributed by atoms with Gasteiger partial charge in [-0.3, -0.25) is 9.69 Å². The van der Waals surface area contributed by atoms with Crippen LogP contribution in [0.5, 0.6) is 0 Å². The lowest BCUT2D eigenvalue weighted by molar-refractivity contribution is -0.143. The van der Waals surface area contributed by atoms with Gasteiger partial charge in [0.2, 0.25) is 5.91 Å². The molecule has 2 saturated heterocycles. The van der Waals surface area contributed by atoms with Gasteiger partial charge in [0.15, 0.2) is 9.84 Å². The molecule has 2 fully saturated rings. The van der Waals surface area contributed by atoms with Gasteiger partial charge in [0.05, 0.1) is 35.7 Å². The van der Waals surface area contributed by atoms with Crippen LogP contribution in [0.25, 0.3) is 0 Å². The molecule has 0 spiro atoms. The van der Waals surface area contributed by atoms with Crippen LogP contribution in [0.3, 0.4) is 0 Å². The molecule has 0 radical (unpaired) electrons. The number of nitrogens with zero attached hydrogens (tertiary/aromatic N) is 3. The van der Waals surface area contributed by atoms with E-state index in [9.17, 15) is 13.2 Å². The molecule has 0 aromatic carbocycles. The van der Waals surface area contributed by atoms with E-state index in [-0.39, 0.29) is 42.2 Å². The van der Waals surface area contributed by atoms with Gasteiger partial charge in [0, 0.05) is 31.4 Å². The molecule has 2 aliphatic rings. The second kappa shape index (κ2) is 7.05. The number of aryl methyl sites for hydroxylation is 1. The van der Waals surface area contributed by atoms with E-state index >= 15 is 0 Å². The first-order valence-electron chi connectivity index (χ1n) is 8.61. The quantitative estimate of drug-likeness (QED) is 0.781. The third kappa shape index (κ3) is 4.04. The van der Waals surface area contributed by atoms with Gasteiger partial charge in [-0.2, -0.15) is 0 Å². The number of hydrogen-bond acceptors (Lipinski definition) is 6. The van der Waals surface area contributed by atoms with Gasteiger partial charge < -0.3 is 14.6 Å². The summed E-state index contributed by atoms with van der Waals surface area (Å²) in [6.45, 7) is 7.45. The highest BCUT2D eigenvalue weighted by Crippen LogP contribution is 2.28. The van der Waals surface area contributed by atoms with E-state index in [1.165, 1.54) is 0 Å². The Bertz CT molecular complexity index is 730. The average Bonchev–Trinajstić information content (AvgIpc) is 3.07. The molecule has 0 unspecified atom stereocenters. The minimum absolute atomic E-state index is 0.000587. The Morgan fingerprint density at radius 2 is 2.08 bits per heavy atom. The van der Waals surface area contributed by atoms with Crippen molar-refractivity contribution in [3.63, 3.8) is 0 Å². The van der Waals surface area contributed by atoms with Gasteiger partial charge in [-0.05, 0) is 20.8 Å². The van der Waals surface area contributed by atoms with Crippen LogP contribution in [-0.4, -0.2) is 83.5 Å². The fourth-order valence-electron chi connectivity index (χ4n) is 3.59. The van der Waals surface area contributed by atoms with Crippen LogP contribution in [0.4, 0.5) is 0 Å². The maximum absolute atomic E-state index is 12.5. The number of aromatic nitrogens is 2. The first-order chi connectivity index (χ1) is 11.8. The molecule has 3 rings (SSSR count). The van der Waals surface area contributed by atoms with Gasteiger partial charge >= 0.3 is 0 Å². The van der Waals surface area contributed by atoms with E-state index in [1.807, 2.05) is 20.8 Å². The van der Waals surface area contributed by atoms with Crippen molar-refractivity contribution in [3.8, 4) is 0 Å². The first-order valence-corrected chi connectivity index (χ1v) is 10.4. The maximum atomic E-state index is 12.5. The van der Waals surface area contributed by atoms with Crippen molar-refractivity contribution >= 4 is 15.7 Å². The van der Waals surface area contributed by atoms with Crippen LogP contribution >= 0.6 is 0 Å². The number of carbonyl (C=O) groups is 1. The van der Waals surface area contributed by atoms with Gasteiger partial charge in [-0.1, -0.05) is 0 Å². The number of carbonyl (C=O) groups excluding carboxylic acids is 1. The van der Waals surface area contributed by atoms with E-state index in [4.69, 9.17) is 4.74 Å². The summed E-state index contributed by atoms with van der Waals surface area (Å²) in [4.78, 5) is 23.7. The summed E-state index contributed by atoms with van der Waals surface area (Å²) in [5.41, 5.74) is 1.91. The lowest BCUT2D eigenvalue weighted by Crippen LogP contribution is -2.60. The molecule has 0 aliphatic carbocycles. The van der Waals surface area contributed by atoms with Crippen LogP contribution < -0.4 is 0 Å². The molecule has 0 saturated carbocycles. The molecular weight excluding hydrogens is 344 g/mol. The molecule has 3 heterocycles. The summed E-state index contributed by atoms with van der Waals surface area (Å²) in [5, 5.41) is 0. The fourth-order valence-corrected chi connectivity index (χ4v) is 5.60. The molecular formula is C16H26N4O4S. The molecule has 1 aromatic heterocycles. The number of hydrogen-bond donors (Lipinski definition) is 1. The second-order valence-corrected chi connectivity index (χ2v) is 9.26. The van der Waals surface area contributed by atoms with Crippen molar-refractivity contribution in [2.45, 2.75) is 45.5 Å². The van der Waals surface area contributed by atoms with Gasteiger partial charge in [-0.25, -0.2) is 13.4 Å². The minimum atomic E-state index is -3.15. The minimum Gasteiger partial charge on any atom is -0.369 e. The Kier molecular flexibility index (Phi) is 5.17. The number of rotatable bonds is 5. The predicted molar refractivity (Wildman–Crippen MR) is 92.8 cm³/mol. The number of aromatic amines is 1. The fraction of sp³-hybridized carbons (Fsp3) is 0.750. The zero-order valence-electron chi connectivity index (χ0n) is 14.9. The van der Waals surface area contributed by atoms with Crippen molar-refractivity contribution in [1.29, 1.82) is 0 Å². The molecule has 2 atom stereocenters. The van der Waals surface area contributed by atoms with E-state index in [1.54, 1.807) is 11.2 Å². The molecule has 0 bridgehead atoms. The number of ether oxygens (including phenoxy) is 1. The molecule has 140 valence electrons. The number of piperazine rings is 1. The van der Waals surface area contributed by atoms with E-state index < -0.39 is 9.84 Å². The number of amides is 1.